The highest BCUT2D eigenvalue weighted by molar-refractivity contribution is 5.81. The molecular formula is C27H37NO7. The van der Waals surface area contributed by atoms with Gasteiger partial charge < -0.3 is 19.5 Å². The molecule has 0 aromatic heterocycles. The molecule has 5 fully saturated rings. The lowest BCUT2D eigenvalue weighted by atomic mass is 9.58. The van der Waals surface area contributed by atoms with E-state index >= 15 is 0 Å². The average Bonchev–Trinajstić information content (AvgIpc) is 3.07. The van der Waals surface area contributed by atoms with Crippen LogP contribution in [0.25, 0.3) is 0 Å². The van der Waals surface area contributed by atoms with Crippen molar-refractivity contribution in [2.75, 3.05) is 6.54 Å². The van der Waals surface area contributed by atoms with Gasteiger partial charge in [-0.1, -0.05) is 44.2 Å². The minimum Gasteiger partial charge on any atom is -0.435 e. The van der Waals surface area contributed by atoms with Gasteiger partial charge in [0.15, 0.2) is 11.9 Å². The molecular weight excluding hydrogens is 450 g/mol. The van der Waals surface area contributed by atoms with E-state index in [4.69, 9.17) is 24.0 Å². The molecule has 35 heavy (non-hydrogen) atoms. The molecule has 192 valence electrons. The minimum absolute atomic E-state index is 0.00205. The van der Waals surface area contributed by atoms with Gasteiger partial charge in [-0.05, 0) is 50.0 Å². The fourth-order valence-corrected chi connectivity index (χ4v) is 6.49. The zero-order valence-electron chi connectivity index (χ0n) is 20.9. The maximum atomic E-state index is 12.7. The second-order valence-corrected chi connectivity index (χ2v) is 10.8. The van der Waals surface area contributed by atoms with Crippen LogP contribution in [0.5, 0.6) is 0 Å². The molecule has 4 saturated heterocycles. The number of fused-ring (bicyclic) bond motifs is 2. The predicted octanol–water partition coefficient (Wildman–Crippen LogP) is 3.88. The van der Waals surface area contributed by atoms with Crippen molar-refractivity contribution in [3.63, 3.8) is 0 Å². The molecule has 1 N–H and O–H groups in total. The SMILES string of the molecule is C[C@H]1[C@H](OC(=O)CCC(=O)NCCc2ccccc2)O[C@@H]2O[C@@]3(C)CC[C@H]4[C@H](C)CC[C@@H]1[C@@]24OO3. The summed E-state index contributed by atoms with van der Waals surface area (Å²) >= 11 is 0. The molecule has 0 radical (unpaired) electrons. The Morgan fingerprint density at radius 3 is 2.66 bits per heavy atom. The molecule has 6 rings (SSSR count). The largest absolute Gasteiger partial charge is 0.435 e. The summed E-state index contributed by atoms with van der Waals surface area (Å²) in [6.07, 6.45) is 3.12. The van der Waals surface area contributed by atoms with Gasteiger partial charge in [0.1, 0.15) is 0 Å². The molecule has 1 spiro atoms. The monoisotopic (exact) mass is 487 g/mol. The molecule has 1 saturated carbocycles. The number of nitrogens with one attached hydrogen (secondary N) is 1. The molecule has 5 aliphatic rings. The van der Waals surface area contributed by atoms with E-state index in [0.717, 1.165) is 37.7 Å². The Hall–Kier alpha value is -2.00. The highest BCUT2D eigenvalue weighted by Crippen LogP contribution is 2.60. The van der Waals surface area contributed by atoms with E-state index in [1.165, 1.54) is 0 Å². The predicted molar refractivity (Wildman–Crippen MR) is 125 cm³/mol. The number of carbonyl (C=O) groups is 2. The Labute approximate surface area is 206 Å². The van der Waals surface area contributed by atoms with Crippen LogP contribution in [0.15, 0.2) is 30.3 Å². The normalized spacial score (nSPS) is 39.9. The van der Waals surface area contributed by atoms with Gasteiger partial charge in [-0.3, -0.25) is 9.59 Å². The first kappa shape index (κ1) is 24.7. The fraction of sp³-hybridized carbons (Fsp3) is 0.704. The van der Waals surface area contributed by atoms with Gasteiger partial charge in [-0.15, -0.1) is 0 Å². The lowest BCUT2D eigenvalue weighted by Crippen LogP contribution is -2.70. The van der Waals surface area contributed by atoms with Gasteiger partial charge in [-0.25, -0.2) is 9.78 Å². The Balaban J connectivity index is 1.16. The Kier molecular flexibility index (Phi) is 6.92. The number of amides is 1. The highest BCUT2D eigenvalue weighted by Gasteiger charge is 2.69. The van der Waals surface area contributed by atoms with Crippen LogP contribution < -0.4 is 5.32 Å². The van der Waals surface area contributed by atoms with E-state index in [-0.39, 0.29) is 36.5 Å². The zero-order chi connectivity index (χ0) is 24.6. The van der Waals surface area contributed by atoms with Gasteiger partial charge in [0.2, 0.25) is 18.0 Å². The minimum atomic E-state index is -0.871. The number of carbonyl (C=O) groups excluding carboxylic acids is 2. The molecule has 1 aromatic carbocycles. The molecule has 8 nitrogen and oxygen atoms in total. The highest BCUT2D eigenvalue weighted by atomic mass is 17.3. The third kappa shape index (κ3) is 4.73. The maximum absolute atomic E-state index is 12.7. The summed E-state index contributed by atoms with van der Waals surface area (Å²) in [4.78, 5) is 36.8. The first-order valence-corrected chi connectivity index (χ1v) is 13.0. The first-order valence-electron chi connectivity index (χ1n) is 13.0. The molecule has 1 amide bonds. The Morgan fingerprint density at radius 2 is 1.86 bits per heavy atom. The van der Waals surface area contributed by atoms with Crippen LogP contribution in [-0.2, 0) is 40.0 Å². The van der Waals surface area contributed by atoms with Crippen LogP contribution in [0.2, 0.25) is 0 Å². The Bertz CT molecular complexity index is 925. The van der Waals surface area contributed by atoms with Gasteiger partial charge in [0.05, 0.1) is 6.42 Å². The van der Waals surface area contributed by atoms with Crippen LogP contribution in [0.1, 0.15) is 64.9 Å². The van der Waals surface area contributed by atoms with Crippen LogP contribution in [0, 0.1) is 23.7 Å². The first-order chi connectivity index (χ1) is 16.8. The summed E-state index contributed by atoms with van der Waals surface area (Å²) in [6.45, 7) is 6.71. The van der Waals surface area contributed by atoms with E-state index in [1.807, 2.05) is 44.2 Å². The smallest absolute Gasteiger partial charge is 0.308 e. The van der Waals surface area contributed by atoms with Crippen molar-refractivity contribution < 1.29 is 33.6 Å². The number of hydrogen-bond acceptors (Lipinski definition) is 7. The van der Waals surface area contributed by atoms with Crippen molar-refractivity contribution in [1.29, 1.82) is 0 Å². The van der Waals surface area contributed by atoms with Crippen molar-refractivity contribution in [3.8, 4) is 0 Å². The molecule has 0 unspecified atom stereocenters. The lowest BCUT2D eigenvalue weighted by Gasteiger charge is -2.59. The quantitative estimate of drug-likeness (QED) is 0.461. The second-order valence-electron chi connectivity index (χ2n) is 10.8. The third-order valence-electron chi connectivity index (χ3n) is 8.48. The summed E-state index contributed by atoms with van der Waals surface area (Å²) in [6, 6.07) is 9.96. The van der Waals surface area contributed by atoms with Crippen molar-refractivity contribution in [1.82, 2.24) is 5.32 Å². The van der Waals surface area contributed by atoms with Gasteiger partial charge in [-0.2, -0.15) is 0 Å². The molecule has 2 bridgehead atoms. The number of benzene rings is 1. The third-order valence-corrected chi connectivity index (χ3v) is 8.48. The number of ether oxygens (including phenoxy) is 3. The van der Waals surface area contributed by atoms with Crippen LogP contribution in [-0.4, -0.2) is 42.4 Å². The number of hydrogen-bond donors (Lipinski definition) is 1. The van der Waals surface area contributed by atoms with Crippen LogP contribution in [0.3, 0.4) is 0 Å². The van der Waals surface area contributed by atoms with E-state index in [2.05, 4.69) is 12.2 Å². The summed E-state index contributed by atoms with van der Waals surface area (Å²) in [5.74, 6) is -0.750. The van der Waals surface area contributed by atoms with E-state index in [9.17, 15) is 9.59 Å². The molecule has 1 aliphatic carbocycles. The van der Waals surface area contributed by atoms with Crippen molar-refractivity contribution >= 4 is 11.9 Å². The molecule has 4 aliphatic heterocycles. The molecule has 1 aromatic rings. The fourth-order valence-electron chi connectivity index (χ4n) is 6.49. The van der Waals surface area contributed by atoms with Gasteiger partial charge in [0, 0.05) is 31.2 Å². The Morgan fingerprint density at radius 1 is 1.06 bits per heavy atom. The van der Waals surface area contributed by atoms with E-state index in [0.29, 0.717) is 12.5 Å². The molecule has 4 heterocycles. The number of esters is 1. The second kappa shape index (κ2) is 9.81. The lowest BCUT2D eigenvalue weighted by molar-refractivity contribution is -0.576. The standard InChI is InChI=1S/C27H37NO7/c1-17-9-10-21-18(2)24(32-25-27(21)20(17)13-15-26(3,33-25)34-35-27)31-23(30)12-11-22(29)28-16-14-19-7-5-4-6-8-19/h4-8,17-18,20-21,24-25H,9-16H2,1-3H3,(H,28,29)/t17-,18-,20+,21+,24-,25-,26-,27-/m1/s1. The van der Waals surface area contributed by atoms with Crippen LogP contribution in [0.4, 0.5) is 0 Å². The average molecular weight is 488 g/mol. The number of rotatable bonds is 7. The van der Waals surface area contributed by atoms with E-state index < -0.39 is 29.9 Å². The molecule has 8 heteroatoms. The van der Waals surface area contributed by atoms with Crippen molar-refractivity contribution in [2.45, 2.75) is 89.7 Å². The van der Waals surface area contributed by atoms with Crippen LogP contribution >= 0.6 is 0 Å². The van der Waals surface area contributed by atoms with Gasteiger partial charge in [0.25, 0.3) is 0 Å². The summed E-state index contributed by atoms with van der Waals surface area (Å²) in [7, 11) is 0. The van der Waals surface area contributed by atoms with Gasteiger partial charge >= 0.3 is 5.97 Å². The van der Waals surface area contributed by atoms with Crippen molar-refractivity contribution in [3.05, 3.63) is 35.9 Å². The summed E-state index contributed by atoms with van der Waals surface area (Å²) in [5, 5.41) is 2.87. The maximum Gasteiger partial charge on any atom is 0.308 e. The topological polar surface area (TPSA) is 92.3 Å². The summed E-state index contributed by atoms with van der Waals surface area (Å²) < 4.78 is 18.3. The zero-order valence-corrected chi connectivity index (χ0v) is 20.9. The van der Waals surface area contributed by atoms with Crippen molar-refractivity contribution in [2.24, 2.45) is 23.7 Å². The molecule has 8 atom stereocenters. The summed E-state index contributed by atoms with van der Waals surface area (Å²) in [5.41, 5.74) is 0.472. The van der Waals surface area contributed by atoms with E-state index in [1.54, 1.807) is 0 Å².